The maximum atomic E-state index is 13.7. The van der Waals surface area contributed by atoms with Gasteiger partial charge in [0.15, 0.2) is 0 Å². The second kappa shape index (κ2) is 10.2. The zero-order valence-electron chi connectivity index (χ0n) is 20.9. The van der Waals surface area contributed by atoms with Crippen molar-refractivity contribution in [1.82, 2.24) is 0 Å². The van der Waals surface area contributed by atoms with Gasteiger partial charge >= 0.3 is 15.6 Å². The van der Waals surface area contributed by atoms with Gasteiger partial charge in [-0.1, -0.05) is 0 Å². The topological polar surface area (TPSA) is 53.1 Å². The lowest BCUT2D eigenvalue weighted by atomic mass is 10.3. The molecule has 0 unspecified atom stereocenters. The Morgan fingerprint density at radius 3 is 1.00 bits per heavy atom. The molecule has 0 aliphatic heterocycles. The fourth-order valence-corrected chi connectivity index (χ4v) is 8.21. The first-order chi connectivity index (χ1) is 16.7. The lowest BCUT2D eigenvalue weighted by molar-refractivity contribution is -0.0496. The van der Waals surface area contributed by atoms with Gasteiger partial charge in [0, 0.05) is 74.0 Å². The van der Waals surface area contributed by atoms with Crippen molar-refractivity contribution in [1.29, 1.82) is 0 Å². The predicted molar refractivity (Wildman–Crippen MR) is 141 cm³/mol. The molecule has 0 spiro atoms. The van der Waals surface area contributed by atoms with Crippen LogP contribution >= 0.6 is 10.3 Å². The fourth-order valence-electron chi connectivity index (χ4n) is 3.51. The Labute approximate surface area is 212 Å². The molecule has 0 radical (unpaired) electrons. The summed E-state index contributed by atoms with van der Waals surface area (Å²) in [5.41, 5.74) is -3.19. The number of benzene rings is 3. The molecule has 0 aromatic heterocycles. The zero-order chi connectivity index (χ0) is 26.9. The van der Waals surface area contributed by atoms with Gasteiger partial charge in [-0.15, -0.1) is 0 Å². The summed E-state index contributed by atoms with van der Waals surface area (Å²) in [7, 11) is 1.66. The van der Waals surface area contributed by atoms with Crippen LogP contribution in [0.1, 0.15) is 0 Å². The maximum absolute atomic E-state index is 13.7. The highest BCUT2D eigenvalue weighted by Crippen LogP contribution is 2.71. The molecular formula is C25H30F3N3O3S2. The van der Waals surface area contributed by atoms with Crippen molar-refractivity contribution < 1.29 is 25.2 Å². The molecule has 0 bridgehead atoms. The Morgan fingerprint density at radius 2 is 0.806 bits per heavy atom. The Morgan fingerprint density at radius 1 is 0.556 bits per heavy atom. The summed E-state index contributed by atoms with van der Waals surface area (Å²) >= 11 is 0. The number of nitrogens with zero attached hydrogens (tertiary/aromatic N) is 3. The van der Waals surface area contributed by atoms with Gasteiger partial charge in [0.05, 0.1) is 0 Å². The molecule has 3 aromatic rings. The van der Waals surface area contributed by atoms with Crippen molar-refractivity contribution in [2.75, 3.05) is 57.0 Å². The van der Waals surface area contributed by atoms with Gasteiger partial charge in [-0.05, 0) is 83.1 Å². The summed E-state index contributed by atoms with van der Waals surface area (Å²) in [5, 5.41) is 0. The minimum absolute atomic E-state index is 0.316. The maximum Gasteiger partial charge on any atom is 0.524 e. The quantitative estimate of drug-likeness (QED) is 0.329. The van der Waals surface area contributed by atoms with Crippen LogP contribution < -0.4 is 14.7 Å². The van der Waals surface area contributed by atoms with Crippen LogP contribution in [0.4, 0.5) is 30.2 Å². The second-order valence-electron chi connectivity index (χ2n) is 8.69. The van der Waals surface area contributed by atoms with Gasteiger partial charge in [-0.25, -0.2) is 0 Å². The van der Waals surface area contributed by atoms with Crippen LogP contribution in [-0.4, -0.2) is 56.2 Å². The van der Waals surface area contributed by atoms with Crippen LogP contribution in [0.2, 0.25) is 0 Å². The molecule has 0 aliphatic rings. The van der Waals surface area contributed by atoms with Crippen LogP contribution in [0, 0.1) is 0 Å². The van der Waals surface area contributed by atoms with Crippen molar-refractivity contribution in [2.24, 2.45) is 0 Å². The van der Waals surface area contributed by atoms with Crippen LogP contribution in [0.3, 0.4) is 0 Å². The molecule has 11 heteroatoms. The first-order valence-corrected chi connectivity index (χ1v) is 13.8. The van der Waals surface area contributed by atoms with Gasteiger partial charge in [-0.3, -0.25) is 0 Å². The van der Waals surface area contributed by atoms with Crippen LogP contribution in [0.5, 0.6) is 0 Å². The molecule has 0 amide bonds. The largest absolute Gasteiger partial charge is 0.524 e. The second-order valence-corrected chi connectivity index (χ2v) is 13.1. The van der Waals surface area contributed by atoms with Crippen molar-refractivity contribution in [3.8, 4) is 0 Å². The number of alkyl halides is 3. The highest BCUT2D eigenvalue weighted by atomic mass is 32.3. The molecule has 3 aromatic carbocycles. The van der Waals surface area contributed by atoms with Gasteiger partial charge in [0.2, 0.25) is 0 Å². The van der Waals surface area contributed by atoms with Crippen molar-refractivity contribution >= 4 is 37.5 Å². The molecule has 6 nitrogen and oxygen atoms in total. The van der Waals surface area contributed by atoms with E-state index in [0.717, 1.165) is 17.1 Å². The van der Waals surface area contributed by atoms with Crippen LogP contribution in [0.15, 0.2) is 87.5 Å². The molecule has 0 saturated carbocycles. The molecule has 0 heterocycles. The summed E-state index contributed by atoms with van der Waals surface area (Å²) in [6.07, 6.45) is 0. The highest BCUT2D eigenvalue weighted by Gasteiger charge is 2.52. The first-order valence-electron chi connectivity index (χ1n) is 10.9. The summed E-state index contributed by atoms with van der Waals surface area (Å²) in [4.78, 5) is 6.47. The molecule has 196 valence electrons. The monoisotopic (exact) mass is 541 g/mol. The van der Waals surface area contributed by atoms with Crippen molar-refractivity contribution in [2.45, 2.75) is 20.2 Å². The van der Waals surface area contributed by atoms with E-state index in [1.54, 1.807) is 72.8 Å². The third kappa shape index (κ3) is 5.42. The normalized spacial score (nSPS) is 12.8. The average molecular weight is 542 g/mol. The summed E-state index contributed by atoms with van der Waals surface area (Å²) in [6.45, 7) is 0. The molecule has 0 aliphatic carbocycles. The minimum atomic E-state index is -5.97. The Kier molecular flexibility index (Phi) is 7.87. The third-order valence-corrected chi connectivity index (χ3v) is 10.4. The summed E-state index contributed by atoms with van der Waals surface area (Å²) in [5.74, 6) is 0. The van der Waals surface area contributed by atoms with Gasteiger partial charge < -0.3 is 14.7 Å². The van der Waals surface area contributed by atoms with Crippen LogP contribution in [0.25, 0.3) is 0 Å². The Bertz CT molecular complexity index is 1150. The molecule has 3 rings (SSSR count). The predicted octanol–water partition coefficient (Wildman–Crippen LogP) is 5.95. The van der Waals surface area contributed by atoms with Gasteiger partial charge in [0.25, 0.3) is 0 Å². The van der Waals surface area contributed by atoms with E-state index in [1.807, 2.05) is 57.0 Å². The summed E-state index contributed by atoms with van der Waals surface area (Å²) in [6, 6.07) is 20.1. The van der Waals surface area contributed by atoms with E-state index in [4.69, 9.17) is 3.63 Å². The molecule has 0 N–H and O–H groups in total. The molecule has 36 heavy (non-hydrogen) atoms. The highest BCUT2D eigenvalue weighted by molar-refractivity contribution is 8.33. The van der Waals surface area contributed by atoms with E-state index in [2.05, 4.69) is 0 Å². The van der Waals surface area contributed by atoms with E-state index in [1.165, 1.54) is 0 Å². The van der Waals surface area contributed by atoms with E-state index in [0.29, 0.717) is 14.7 Å². The number of hydrogen-bond acceptors (Lipinski definition) is 6. The Hall–Kier alpha value is -2.89. The lowest BCUT2D eigenvalue weighted by Crippen LogP contribution is -2.27. The first kappa shape index (κ1) is 27.7. The van der Waals surface area contributed by atoms with E-state index in [-0.39, 0.29) is 0 Å². The van der Waals surface area contributed by atoms with Crippen LogP contribution in [-0.2, 0) is 13.7 Å². The van der Waals surface area contributed by atoms with E-state index in [9.17, 15) is 21.6 Å². The lowest BCUT2D eigenvalue weighted by Gasteiger charge is -2.40. The number of hydrogen-bond donors (Lipinski definition) is 0. The third-order valence-electron chi connectivity index (χ3n) is 5.53. The molecular weight excluding hydrogens is 511 g/mol. The SMILES string of the molecule is CN(C)c1ccc(S(OS(=O)(=O)C(F)(F)F)(c2ccc(N(C)C)cc2)c2ccc(N(C)C)cc2)cc1. The molecule has 0 fully saturated rings. The zero-order valence-corrected chi connectivity index (χ0v) is 22.6. The van der Waals surface area contributed by atoms with Crippen molar-refractivity contribution in [3.63, 3.8) is 0 Å². The number of anilines is 3. The number of rotatable bonds is 8. The number of halogens is 3. The molecule has 0 saturated heterocycles. The molecule has 0 atom stereocenters. The minimum Gasteiger partial charge on any atom is -0.378 e. The fraction of sp³-hybridized carbons (Fsp3) is 0.280. The summed E-state index contributed by atoms with van der Waals surface area (Å²) < 4.78 is 71.6. The van der Waals surface area contributed by atoms with E-state index >= 15 is 0 Å². The van der Waals surface area contributed by atoms with Gasteiger partial charge in [-0.2, -0.15) is 25.2 Å². The average Bonchev–Trinajstić information content (AvgIpc) is 2.82. The Balaban J connectivity index is 2.39. The van der Waals surface area contributed by atoms with Crippen molar-refractivity contribution in [3.05, 3.63) is 72.8 Å². The smallest absolute Gasteiger partial charge is 0.378 e. The van der Waals surface area contributed by atoms with Gasteiger partial charge in [0.1, 0.15) is 0 Å². The van der Waals surface area contributed by atoms with E-state index < -0.39 is 25.9 Å². The standard InChI is InChI=1S/C25H30F3N3O3S2/c1-29(2)19-7-13-22(14-8-19)35(34-36(32,33)25(26,27)28,23-15-9-20(10-16-23)30(3)4)24-17-11-21(12-18-24)31(5)6/h7-18H,1-6H3.